The molecule has 0 bridgehead atoms. The van der Waals surface area contributed by atoms with E-state index in [1.165, 1.54) is 7.11 Å². The molecule has 20 heavy (non-hydrogen) atoms. The largest absolute Gasteiger partial charge is 0.468 e. The number of rotatable bonds is 14. The minimum Gasteiger partial charge on any atom is -0.468 e. The highest BCUT2D eigenvalue weighted by Crippen LogP contribution is 1.97. The molecule has 0 aliphatic rings. The van der Waals surface area contributed by atoms with Crippen LogP contribution in [-0.2, 0) is 23.7 Å². The molecule has 0 saturated carbocycles. The fourth-order valence-electron chi connectivity index (χ4n) is 1.57. The fraction of sp³-hybridized carbons (Fsp3) is 0.929. The molecule has 6 nitrogen and oxygen atoms in total. The van der Waals surface area contributed by atoms with Crippen LogP contribution >= 0.6 is 0 Å². The molecule has 0 amide bonds. The second-order valence-corrected chi connectivity index (χ2v) is 4.39. The van der Waals surface area contributed by atoms with Crippen molar-refractivity contribution in [2.45, 2.75) is 32.2 Å². The van der Waals surface area contributed by atoms with Crippen molar-refractivity contribution in [2.75, 3.05) is 53.8 Å². The minimum absolute atomic E-state index is 0.232. The van der Waals surface area contributed by atoms with Crippen molar-refractivity contribution >= 4 is 5.97 Å². The average molecular weight is 291 g/mol. The van der Waals surface area contributed by atoms with Gasteiger partial charge in [0.1, 0.15) is 6.04 Å². The molecule has 0 fully saturated rings. The fourth-order valence-corrected chi connectivity index (χ4v) is 1.57. The molecular weight excluding hydrogens is 262 g/mol. The normalized spacial score (nSPS) is 12.3. The third-order valence-electron chi connectivity index (χ3n) is 2.69. The monoisotopic (exact) mass is 291 g/mol. The first-order chi connectivity index (χ1) is 9.76. The molecule has 0 aromatic heterocycles. The van der Waals surface area contributed by atoms with Gasteiger partial charge in [-0.3, -0.25) is 4.79 Å². The van der Waals surface area contributed by atoms with Gasteiger partial charge in [0.15, 0.2) is 0 Å². The summed E-state index contributed by atoms with van der Waals surface area (Å²) in [4.78, 5) is 11.5. The minimum atomic E-state index is -0.280. The lowest BCUT2D eigenvalue weighted by molar-refractivity contribution is -0.143. The molecular formula is C14H29NO5. The van der Waals surface area contributed by atoms with E-state index in [4.69, 9.17) is 18.9 Å². The van der Waals surface area contributed by atoms with Gasteiger partial charge in [0.05, 0.1) is 20.3 Å². The van der Waals surface area contributed by atoms with Crippen LogP contribution in [0.5, 0.6) is 0 Å². The molecule has 0 saturated heterocycles. The first kappa shape index (κ1) is 19.3. The second kappa shape index (κ2) is 14.7. The van der Waals surface area contributed by atoms with E-state index in [0.29, 0.717) is 39.5 Å². The summed E-state index contributed by atoms with van der Waals surface area (Å²) in [5, 5.41) is 3.15. The maximum atomic E-state index is 11.5. The van der Waals surface area contributed by atoms with Crippen LogP contribution in [0.4, 0.5) is 0 Å². The van der Waals surface area contributed by atoms with Crippen LogP contribution in [0.2, 0.25) is 0 Å². The Bertz CT molecular complexity index is 226. The van der Waals surface area contributed by atoms with Gasteiger partial charge in [0.2, 0.25) is 0 Å². The maximum Gasteiger partial charge on any atom is 0.322 e. The Hall–Kier alpha value is -0.690. The van der Waals surface area contributed by atoms with Crippen LogP contribution < -0.4 is 5.32 Å². The molecule has 0 aliphatic carbocycles. The van der Waals surface area contributed by atoms with Gasteiger partial charge in [-0.2, -0.15) is 0 Å². The van der Waals surface area contributed by atoms with Crippen LogP contribution in [0.25, 0.3) is 0 Å². The molecule has 1 atom stereocenters. The zero-order valence-corrected chi connectivity index (χ0v) is 13.0. The summed E-state index contributed by atoms with van der Waals surface area (Å²) < 4.78 is 20.4. The summed E-state index contributed by atoms with van der Waals surface area (Å²) in [6.45, 7) is 5.92. The van der Waals surface area contributed by atoms with E-state index in [9.17, 15) is 4.79 Å². The number of methoxy groups -OCH3 is 2. The number of carbonyl (C=O) groups excluding carboxylic acids is 1. The highest BCUT2D eigenvalue weighted by atomic mass is 16.5. The van der Waals surface area contributed by atoms with Crippen molar-refractivity contribution in [3.05, 3.63) is 0 Å². The number of esters is 1. The summed E-state index contributed by atoms with van der Waals surface area (Å²) in [6.07, 6.45) is 2.44. The molecule has 0 rings (SSSR count). The topological polar surface area (TPSA) is 66.0 Å². The Morgan fingerprint density at radius 1 is 1.05 bits per heavy atom. The number of nitrogens with one attached hydrogen (secondary N) is 1. The van der Waals surface area contributed by atoms with Crippen LogP contribution in [0.3, 0.4) is 0 Å². The van der Waals surface area contributed by atoms with E-state index in [1.807, 2.05) is 0 Å². The quantitative estimate of drug-likeness (QED) is 0.380. The lowest BCUT2D eigenvalue weighted by atomic mass is 10.2. The first-order valence-electron chi connectivity index (χ1n) is 7.21. The lowest BCUT2D eigenvalue weighted by Gasteiger charge is -2.15. The van der Waals surface area contributed by atoms with E-state index in [0.717, 1.165) is 19.4 Å². The third kappa shape index (κ3) is 11.2. The Morgan fingerprint density at radius 2 is 1.75 bits per heavy atom. The van der Waals surface area contributed by atoms with Crippen LogP contribution in [0.1, 0.15) is 26.2 Å². The van der Waals surface area contributed by atoms with Crippen LogP contribution in [-0.4, -0.2) is 65.8 Å². The standard InChI is InChI=1S/C14H29NO5/c1-4-7-15-13(14(16)18-3)6-10-19-8-5-9-20-12-11-17-2/h13,15H,4-12H2,1-3H3. The van der Waals surface area contributed by atoms with Crippen molar-refractivity contribution < 1.29 is 23.7 Å². The first-order valence-corrected chi connectivity index (χ1v) is 7.21. The summed E-state index contributed by atoms with van der Waals surface area (Å²) in [7, 11) is 3.05. The van der Waals surface area contributed by atoms with E-state index in [1.54, 1.807) is 7.11 Å². The number of hydrogen-bond acceptors (Lipinski definition) is 6. The smallest absolute Gasteiger partial charge is 0.322 e. The summed E-state index contributed by atoms with van der Waals surface area (Å²) in [5.41, 5.74) is 0. The SMILES string of the molecule is CCCNC(CCOCCCOCCOC)C(=O)OC. The van der Waals surface area contributed by atoms with Crippen LogP contribution in [0.15, 0.2) is 0 Å². The van der Waals surface area contributed by atoms with E-state index < -0.39 is 0 Å². The number of ether oxygens (including phenoxy) is 4. The molecule has 1 unspecified atom stereocenters. The Kier molecular flexibility index (Phi) is 14.2. The number of carbonyl (C=O) groups is 1. The van der Waals surface area contributed by atoms with E-state index in [-0.39, 0.29) is 12.0 Å². The van der Waals surface area contributed by atoms with Crippen molar-refractivity contribution in [3.8, 4) is 0 Å². The van der Waals surface area contributed by atoms with Gasteiger partial charge in [-0.25, -0.2) is 0 Å². The Morgan fingerprint density at radius 3 is 2.35 bits per heavy atom. The molecule has 120 valence electrons. The third-order valence-corrected chi connectivity index (χ3v) is 2.69. The van der Waals surface area contributed by atoms with Gasteiger partial charge in [-0.15, -0.1) is 0 Å². The predicted octanol–water partition coefficient (Wildman–Crippen LogP) is 0.987. The predicted molar refractivity (Wildman–Crippen MR) is 76.8 cm³/mol. The lowest BCUT2D eigenvalue weighted by Crippen LogP contribution is -2.39. The second-order valence-electron chi connectivity index (χ2n) is 4.39. The van der Waals surface area contributed by atoms with Crippen molar-refractivity contribution in [1.29, 1.82) is 0 Å². The highest BCUT2D eigenvalue weighted by Gasteiger charge is 2.17. The van der Waals surface area contributed by atoms with Crippen molar-refractivity contribution in [2.24, 2.45) is 0 Å². The molecule has 0 heterocycles. The van der Waals surface area contributed by atoms with Gasteiger partial charge in [-0.1, -0.05) is 6.92 Å². The molecule has 0 radical (unpaired) electrons. The Labute approximate surface area is 122 Å². The maximum absolute atomic E-state index is 11.5. The summed E-state index contributed by atoms with van der Waals surface area (Å²) >= 11 is 0. The number of hydrogen-bond donors (Lipinski definition) is 1. The molecule has 0 aliphatic heterocycles. The van der Waals surface area contributed by atoms with E-state index in [2.05, 4.69) is 12.2 Å². The molecule has 0 aromatic carbocycles. The van der Waals surface area contributed by atoms with Gasteiger partial charge >= 0.3 is 5.97 Å². The Balaban J connectivity index is 3.50. The van der Waals surface area contributed by atoms with Gasteiger partial charge < -0.3 is 24.3 Å². The van der Waals surface area contributed by atoms with Gasteiger partial charge in [0, 0.05) is 26.9 Å². The molecule has 6 heteroatoms. The zero-order chi connectivity index (χ0) is 15.1. The van der Waals surface area contributed by atoms with E-state index >= 15 is 0 Å². The van der Waals surface area contributed by atoms with Gasteiger partial charge in [-0.05, 0) is 25.8 Å². The summed E-state index contributed by atoms with van der Waals surface area (Å²) in [6, 6.07) is -0.280. The van der Waals surface area contributed by atoms with Crippen molar-refractivity contribution in [3.63, 3.8) is 0 Å². The average Bonchev–Trinajstić information content (AvgIpc) is 2.47. The molecule has 0 spiro atoms. The summed E-state index contributed by atoms with van der Waals surface area (Å²) in [5.74, 6) is -0.232. The highest BCUT2D eigenvalue weighted by molar-refractivity contribution is 5.75. The molecule has 1 N–H and O–H groups in total. The molecule has 0 aromatic rings. The van der Waals surface area contributed by atoms with Crippen LogP contribution in [0, 0.1) is 0 Å². The van der Waals surface area contributed by atoms with Gasteiger partial charge in [0.25, 0.3) is 0 Å². The van der Waals surface area contributed by atoms with Crippen molar-refractivity contribution in [1.82, 2.24) is 5.32 Å². The zero-order valence-electron chi connectivity index (χ0n) is 13.0.